The number of anilines is 1. The van der Waals surface area contributed by atoms with Gasteiger partial charge in [0.2, 0.25) is 0 Å². The highest BCUT2D eigenvalue weighted by Crippen LogP contribution is 2.19. The van der Waals surface area contributed by atoms with Gasteiger partial charge >= 0.3 is 0 Å². The summed E-state index contributed by atoms with van der Waals surface area (Å²) >= 11 is 0. The van der Waals surface area contributed by atoms with Gasteiger partial charge in [0.1, 0.15) is 6.07 Å². The summed E-state index contributed by atoms with van der Waals surface area (Å²) in [4.78, 5) is 4.56. The monoisotopic (exact) mass is 273 g/mol. The summed E-state index contributed by atoms with van der Waals surface area (Å²) in [7, 11) is 2.02. The Morgan fingerprint density at radius 3 is 2.90 bits per heavy atom. The van der Waals surface area contributed by atoms with Gasteiger partial charge in [-0.15, -0.1) is 0 Å². The van der Waals surface area contributed by atoms with Crippen LogP contribution in [0.2, 0.25) is 0 Å². The molecule has 20 heavy (non-hydrogen) atoms. The number of hydrogen-bond donors (Lipinski definition) is 0. The van der Waals surface area contributed by atoms with Gasteiger partial charge in [0, 0.05) is 32.7 Å². The van der Waals surface area contributed by atoms with Crippen molar-refractivity contribution in [2.24, 2.45) is 0 Å². The molecular weight excluding hydrogens is 250 g/mol. The molecule has 0 spiro atoms. The average Bonchev–Trinajstić information content (AvgIpc) is 2.47. The fourth-order valence-electron chi connectivity index (χ4n) is 2.63. The van der Waals surface area contributed by atoms with Crippen molar-refractivity contribution in [1.82, 2.24) is 4.90 Å². The SMILES string of the molecule is CC(C)N1CCOC(CN(C)c2ccccc2C#N)C1. The first-order chi connectivity index (χ1) is 9.61. The number of para-hydroxylation sites is 1. The van der Waals surface area contributed by atoms with Gasteiger partial charge in [-0.2, -0.15) is 5.26 Å². The number of benzene rings is 1. The molecule has 0 bridgehead atoms. The lowest BCUT2D eigenvalue weighted by atomic mass is 10.1. The van der Waals surface area contributed by atoms with Gasteiger partial charge < -0.3 is 9.64 Å². The maximum Gasteiger partial charge on any atom is 0.101 e. The van der Waals surface area contributed by atoms with E-state index in [4.69, 9.17) is 4.74 Å². The Labute approximate surface area is 121 Å². The number of ether oxygens (including phenoxy) is 1. The molecular formula is C16H23N3O. The highest BCUT2D eigenvalue weighted by Gasteiger charge is 2.23. The third kappa shape index (κ3) is 3.50. The molecule has 4 heteroatoms. The van der Waals surface area contributed by atoms with Crippen molar-refractivity contribution in [2.45, 2.75) is 26.0 Å². The fourth-order valence-corrected chi connectivity index (χ4v) is 2.63. The number of morpholine rings is 1. The van der Waals surface area contributed by atoms with E-state index in [1.807, 2.05) is 31.3 Å². The second-order valence-electron chi connectivity index (χ2n) is 5.59. The molecule has 1 aliphatic rings. The summed E-state index contributed by atoms with van der Waals surface area (Å²) in [6, 6.07) is 10.5. The van der Waals surface area contributed by atoms with Crippen LogP contribution < -0.4 is 4.90 Å². The van der Waals surface area contributed by atoms with Crippen molar-refractivity contribution in [3.63, 3.8) is 0 Å². The molecule has 1 fully saturated rings. The fraction of sp³-hybridized carbons (Fsp3) is 0.562. The molecule has 1 saturated heterocycles. The summed E-state index contributed by atoms with van der Waals surface area (Å²) in [5, 5.41) is 9.17. The molecule has 1 aromatic rings. The summed E-state index contributed by atoms with van der Waals surface area (Å²) in [6.45, 7) is 8.00. The van der Waals surface area contributed by atoms with Crippen LogP contribution in [0.3, 0.4) is 0 Å². The Morgan fingerprint density at radius 2 is 2.20 bits per heavy atom. The van der Waals surface area contributed by atoms with Crippen molar-refractivity contribution >= 4 is 5.69 Å². The maximum absolute atomic E-state index is 9.17. The third-order valence-electron chi connectivity index (χ3n) is 3.81. The van der Waals surface area contributed by atoms with E-state index < -0.39 is 0 Å². The first-order valence-corrected chi connectivity index (χ1v) is 7.17. The second kappa shape index (κ2) is 6.74. The van der Waals surface area contributed by atoms with Crippen LogP contribution in [-0.2, 0) is 4.74 Å². The van der Waals surface area contributed by atoms with Crippen molar-refractivity contribution in [3.05, 3.63) is 29.8 Å². The molecule has 0 aromatic heterocycles. The molecule has 0 aliphatic carbocycles. The average molecular weight is 273 g/mol. The summed E-state index contributed by atoms with van der Waals surface area (Å²) in [6.07, 6.45) is 0.197. The molecule has 108 valence electrons. The van der Waals surface area contributed by atoms with Gasteiger partial charge in [-0.1, -0.05) is 12.1 Å². The Morgan fingerprint density at radius 1 is 1.45 bits per heavy atom. The summed E-state index contributed by atoms with van der Waals surface area (Å²) in [5.74, 6) is 0. The van der Waals surface area contributed by atoms with E-state index in [-0.39, 0.29) is 6.10 Å². The molecule has 1 heterocycles. The molecule has 0 radical (unpaired) electrons. The van der Waals surface area contributed by atoms with Gasteiger partial charge in [-0.05, 0) is 26.0 Å². The minimum atomic E-state index is 0.197. The van der Waals surface area contributed by atoms with Crippen molar-refractivity contribution < 1.29 is 4.74 Å². The summed E-state index contributed by atoms with van der Waals surface area (Å²) in [5.41, 5.74) is 1.69. The highest BCUT2D eigenvalue weighted by molar-refractivity contribution is 5.58. The van der Waals surface area contributed by atoms with Crippen LogP contribution in [0.15, 0.2) is 24.3 Å². The molecule has 0 amide bonds. The molecule has 1 unspecified atom stereocenters. The van der Waals surface area contributed by atoms with Gasteiger partial charge in [-0.3, -0.25) is 4.90 Å². The Kier molecular flexibility index (Phi) is 4.99. The lowest BCUT2D eigenvalue weighted by Gasteiger charge is -2.37. The van der Waals surface area contributed by atoms with Crippen molar-refractivity contribution in [2.75, 3.05) is 38.2 Å². The normalized spacial score (nSPS) is 19.9. The molecule has 1 atom stereocenters. The van der Waals surface area contributed by atoms with Crippen LogP contribution in [0.4, 0.5) is 5.69 Å². The van der Waals surface area contributed by atoms with Crippen LogP contribution in [0.25, 0.3) is 0 Å². The number of nitrogens with zero attached hydrogens (tertiary/aromatic N) is 3. The Hall–Kier alpha value is -1.57. The third-order valence-corrected chi connectivity index (χ3v) is 3.81. The van der Waals surface area contributed by atoms with Crippen LogP contribution in [0.1, 0.15) is 19.4 Å². The Bertz CT molecular complexity index is 481. The zero-order valence-corrected chi connectivity index (χ0v) is 12.5. The predicted octanol–water partition coefficient (Wildman–Crippen LogP) is 2.10. The molecule has 2 rings (SSSR count). The quantitative estimate of drug-likeness (QED) is 0.842. The van der Waals surface area contributed by atoms with E-state index in [2.05, 4.69) is 29.7 Å². The Balaban J connectivity index is 2.01. The number of rotatable bonds is 4. The van der Waals surface area contributed by atoms with Crippen LogP contribution in [0, 0.1) is 11.3 Å². The molecule has 4 nitrogen and oxygen atoms in total. The first kappa shape index (κ1) is 14.8. The van der Waals surface area contributed by atoms with Crippen molar-refractivity contribution in [3.8, 4) is 6.07 Å². The van der Waals surface area contributed by atoms with Crippen LogP contribution in [0.5, 0.6) is 0 Å². The lowest BCUT2D eigenvalue weighted by Crippen LogP contribution is -2.49. The molecule has 0 saturated carbocycles. The van der Waals surface area contributed by atoms with E-state index in [0.717, 1.165) is 31.9 Å². The molecule has 0 N–H and O–H groups in total. The smallest absolute Gasteiger partial charge is 0.101 e. The maximum atomic E-state index is 9.17. The van der Waals surface area contributed by atoms with Gasteiger partial charge in [0.05, 0.1) is 24.0 Å². The minimum Gasteiger partial charge on any atom is -0.374 e. The number of hydrogen-bond acceptors (Lipinski definition) is 4. The van der Waals surface area contributed by atoms with E-state index in [9.17, 15) is 5.26 Å². The zero-order chi connectivity index (χ0) is 14.5. The molecule has 1 aliphatic heterocycles. The van der Waals surface area contributed by atoms with Crippen molar-refractivity contribution in [1.29, 1.82) is 5.26 Å². The lowest BCUT2D eigenvalue weighted by molar-refractivity contribution is -0.0338. The number of nitriles is 1. The minimum absolute atomic E-state index is 0.197. The second-order valence-corrected chi connectivity index (χ2v) is 5.59. The van der Waals surface area contributed by atoms with E-state index in [1.165, 1.54) is 0 Å². The largest absolute Gasteiger partial charge is 0.374 e. The van der Waals surface area contributed by atoms with E-state index in [0.29, 0.717) is 11.6 Å². The van der Waals surface area contributed by atoms with E-state index in [1.54, 1.807) is 0 Å². The molecule has 1 aromatic carbocycles. The standard InChI is InChI=1S/C16H23N3O/c1-13(2)19-8-9-20-15(12-19)11-18(3)16-7-5-4-6-14(16)10-17/h4-7,13,15H,8-9,11-12H2,1-3H3. The van der Waals surface area contributed by atoms with Gasteiger partial charge in [0.25, 0.3) is 0 Å². The van der Waals surface area contributed by atoms with E-state index >= 15 is 0 Å². The zero-order valence-electron chi connectivity index (χ0n) is 12.5. The number of likely N-dealkylation sites (N-methyl/N-ethyl adjacent to an activating group) is 1. The van der Waals surface area contributed by atoms with Crippen LogP contribution in [-0.4, -0.2) is 50.3 Å². The first-order valence-electron chi connectivity index (χ1n) is 7.17. The van der Waals surface area contributed by atoms with Gasteiger partial charge in [0.15, 0.2) is 0 Å². The highest BCUT2D eigenvalue weighted by atomic mass is 16.5. The van der Waals surface area contributed by atoms with Crippen LogP contribution >= 0.6 is 0 Å². The predicted molar refractivity (Wildman–Crippen MR) is 80.9 cm³/mol. The van der Waals surface area contributed by atoms with Gasteiger partial charge in [-0.25, -0.2) is 0 Å². The summed E-state index contributed by atoms with van der Waals surface area (Å²) < 4.78 is 5.86. The topological polar surface area (TPSA) is 39.5 Å².